The minimum Gasteiger partial charge on any atom is -0.294 e. The van der Waals surface area contributed by atoms with Gasteiger partial charge in [0, 0.05) is 12.0 Å². The molecule has 0 saturated carbocycles. The second-order valence-corrected chi connectivity index (χ2v) is 3.18. The summed E-state index contributed by atoms with van der Waals surface area (Å²) in [6.07, 6.45) is 2.67. The van der Waals surface area contributed by atoms with E-state index in [2.05, 4.69) is 13.8 Å². The Hall–Kier alpha value is -1.11. The molecule has 1 rings (SSSR count). The lowest BCUT2D eigenvalue weighted by Crippen LogP contribution is -2.00. The fraction of sp³-hybridized carbons (Fsp3) is 0.333. The molecular weight excluding hydrogens is 160 g/mol. The van der Waals surface area contributed by atoms with Crippen LogP contribution >= 0.6 is 0 Å². The number of ketones is 1. The standard InChI is InChI=1S/C12H15O/c1-3-4-9-12(13)11-8-6-5-7-10(11)2/h5-8H,2-4,9H2,1H3. The summed E-state index contributed by atoms with van der Waals surface area (Å²) in [6.45, 7) is 5.92. The molecule has 1 nitrogen and oxygen atoms in total. The predicted octanol–water partition coefficient (Wildman–Crippen LogP) is 3.24. The lowest BCUT2D eigenvalue weighted by Gasteiger charge is -2.02. The predicted molar refractivity (Wildman–Crippen MR) is 54.8 cm³/mol. The first kappa shape index (κ1) is 9.97. The normalized spacial score (nSPS) is 10.0. The molecule has 0 saturated heterocycles. The van der Waals surface area contributed by atoms with Gasteiger partial charge in [-0.3, -0.25) is 4.79 Å². The van der Waals surface area contributed by atoms with E-state index in [1.165, 1.54) is 0 Å². The van der Waals surface area contributed by atoms with E-state index in [1.54, 1.807) is 0 Å². The maximum atomic E-state index is 11.6. The summed E-state index contributed by atoms with van der Waals surface area (Å²) in [6, 6.07) is 7.51. The number of carbonyl (C=O) groups is 1. The van der Waals surface area contributed by atoms with E-state index in [0.29, 0.717) is 6.42 Å². The first-order chi connectivity index (χ1) is 6.25. The van der Waals surface area contributed by atoms with E-state index in [1.807, 2.05) is 24.3 Å². The van der Waals surface area contributed by atoms with Crippen LogP contribution in [0.4, 0.5) is 0 Å². The number of benzene rings is 1. The van der Waals surface area contributed by atoms with Crippen LogP contribution in [0, 0.1) is 6.92 Å². The Kier molecular flexibility index (Phi) is 3.69. The number of carbonyl (C=O) groups excluding carboxylic acids is 1. The lowest BCUT2D eigenvalue weighted by molar-refractivity contribution is 0.0979. The van der Waals surface area contributed by atoms with Gasteiger partial charge >= 0.3 is 0 Å². The maximum Gasteiger partial charge on any atom is 0.163 e. The smallest absolute Gasteiger partial charge is 0.163 e. The van der Waals surface area contributed by atoms with Crippen LogP contribution in [-0.4, -0.2) is 5.78 Å². The first-order valence-electron chi connectivity index (χ1n) is 4.70. The van der Waals surface area contributed by atoms with Gasteiger partial charge in [-0.05, 0) is 18.9 Å². The zero-order valence-electron chi connectivity index (χ0n) is 8.05. The van der Waals surface area contributed by atoms with Crippen molar-refractivity contribution in [3.8, 4) is 0 Å². The van der Waals surface area contributed by atoms with Gasteiger partial charge < -0.3 is 0 Å². The van der Waals surface area contributed by atoms with E-state index in [-0.39, 0.29) is 5.78 Å². The van der Waals surface area contributed by atoms with Crippen molar-refractivity contribution in [2.24, 2.45) is 0 Å². The molecule has 0 atom stereocenters. The molecule has 0 aliphatic rings. The molecule has 0 bridgehead atoms. The summed E-state index contributed by atoms with van der Waals surface area (Å²) in [5, 5.41) is 0. The highest BCUT2D eigenvalue weighted by Crippen LogP contribution is 2.11. The fourth-order valence-corrected chi connectivity index (χ4v) is 1.26. The molecule has 0 spiro atoms. The Morgan fingerprint density at radius 2 is 2.08 bits per heavy atom. The zero-order chi connectivity index (χ0) is 9.68. The van der Waals surface area contributed by atoms with Gasteiger partial charge in [-0.15, -0.1) is 0 Å². The minimum atomic E-state index is 0.215. The molecule has 0 unspecified atom stereocenters. The molecule has 1 aromatic rings. The van der Waals surface area contributed by atoms with E-state index in [4.69, 9.17) is 0 Å². The Balaban J connectivity index is 2.71. The summed E-state index contributed by atoms with van der Waals surface area (Å²) in [4.78, 5) is 11.6. The molecule has 0 fully saturated rings. The van der Waals surface area contributed by atoms with Gasteiger partial charge in [0.1, 0.15) is 0 Å². The molecule has 1 aromatic carbocycles. The summed E-state index contributed by atoms with van der Waals surface area (Å²) in [5.74, 6) is 0.215. The van der Waals surface area contributed by atoms with Crippen LogP contribution < -0.4 is 0 Å². The van der Waals surface area contributed by atoms with Gasteiger partial charge in [0.15, 0.2) is 5.78 Å². The SMILES string of the molecule is [CH2]c1ccccc1C(=O)CCCC. The highest BCUT2D eigenvalue weighted by molar-refractivity contribution is 5.97. The van der Waals surface area contributed by atoms with Gasteiger partial charge in [-0.2, -0.15) is 0 Å². The van der Waals surface area contributed by atoms with Crippen molar-refractivity contribution >= 4 is 5.78 Å². The van der Waals surface area contributed by atoms with E-state index in [0.717, 1.165) is 24.0 Å². The van der Waals surface area contributed by atoms with Crippen LogP contribution in [0.2, 0.25) is 0 Å². The molecule has 0 aliphatic heterocycles. The number of hydrogen-bond acceptors (Lipinski definition) is 1. The second-order valence-electron chi connectivity index (χ2n) is 3.18. The molecule has 0 N–H and O–H groups in total. The number of unbranched alkanes of at least 4 members (excludes halogenated alkanes) is 1. The number of rotatable bonds is 4. The summed E-state index contributed by atoms with van der Waals surface area (Å²) < 4.78 is 0. The number of Topliss-reactive ketones (excluding diaryl/α,β-unsaturated/α-hetero) is 1. The molecular formula is C12H15O. The van der Waals surface area contributed by atoms with Crippen LogP contribution in [0.25, 0.3) is 0 Å². The first-order valence-corrected chi connectivity index (χ1v) is 4.70. The van der Waals surface area contributed by atoms with Crippen LogP contribution in [0.5, 0.6) is 0 Å². The van der Waals surface area contributed by atoms with Crippen molar-refractivity contribution in [2.45, 2.75) is 26.2 Å². The van der Waals surface area contributed by atoms with Crippen molar-refractivity contribution in [2.75, 3.05) is 0 Å². The van der Waals surface area contributed by atoms with Crippen LogP contribution in [0.15, 0.2) is 24.3 Å². The summed E-state index contributed by atoms with van der Waals surface area (Å²) in [7, 11) is 0. The van der Waals surface area contributed by atoms with Gasteiger partial charge in [0.25, 0.3) is 0 Å². The lowest BCUT2D eigenvalue weighted by atomic mass is 10.0. The van der Waals surface area contributed by atoms with Gasteiger partial charge in [0.05, 0.1) is 0 Å². The molecule has 13 heavy (non-hydrogen) atoms. The van der Waals surface area contributed by atoms with Crippen molar-refractivity contribution in [3.63, 3.8) is 0 Å². The average molecular weight is 175 g/mol. The van der Waals surface area contributed by atoms with Crippen molar-refractivity contribution < 1.29 is 4.79 Å². The fourth-order valence-electron chi connectivity index (χ4n) is 1.26. The van der Waals surface area contributed by atoms with Gasteiger partial charge in [0.2, 0.25) is 0 Å². The van der Waals surface area contributed by atoms with Crippen LogP contribution in [0.3, 0.4) is 0 Å². The van der Waals surface area contributed by atoms with Crippen molar-refractivity contribution in [3.05, 3.63) is 42.3 Å². The van der Waals surface area contributed by atoms with E-state index >= 15 is 0 Å². The molecule has 0 aliphatic carbocycles. The molecule has 0 heterocycles. The Morgan fingerprint density at radius 1 is 1.38 bits per heavy atom. The summed E-state index contributed by atoms with van der Waals surface area (Å²) in [5.41, 5.74) is 1.61. The Bertz CT molecular complexity index is 289. The highest BCUT2D eigenvalue weighted by atomic mass is 16.1. The van der Waals surface area contributed by atoms with Gasteiger partial charge in [-0.1, -0.05) is 37.6 Å². The van der Waals surface area contributed by atoms with E-state index < -0.39 is 0 Å². The summed E-state index contributed by atoms with van der Waals surface area (Å²) >= 11 is 0. The topological polar surface area (TPSA) is 17.1 Å². The quantitative estimate of drug-likeness (QED) is 0.642. The minimum absolute atomic E-state index is 0.215. The third-order valence-electron chi connectivity index (χ3n) is 2.08. The third kappa shape index (κ3) is 2.69. The molecule has 0 amide bonds. The van der Waals surface area contributed by atoms with Crippen LogP contribution in [-0.2, 0) is 0 Å². The molecule has 0 aromatic heterocycles. The maximum absolute atomic E-state index is 11.6. The highest BCUT2D eigenvalue weighted by Gasteiger charge is 2.06. The zero-order valence-corrected chi connectivity index (χ0v) is 8.05. The Labute approximate surface area is 79.8 Å². The van der Waals surface area contributed by atoms with Gasteiger partial charge in [-0.25, -0.2) is 0 Å². The van der Waals surface area contributed by atoms with E-state index in [9.17, 15) is 4.79 Å². The number of hydrogen-bond donors (Lipinski definition) is 0. The van der Waals surface area contributed by atoms with Crippen molar-refractivity contribution in [1.29, 1.82) is 0 Å². The largest absolute Gasteiger partial charge is 0.294 e. The van der Waals surface area contributed by atoms with Crippen LogP contribution in [0.1, 0.15) is 42.1 Å². The molecule has 69 valence electrons. The Morgan fingerprint density at radius 3 is 2.69 bits per heavy atom. The molecule has 1 radical (unpaired) electrons. The van der Waals surface area contributed by atoms with Crippen molar-refractivity contribution in [1.82, 2.24) is 0 Å². The third-order valence-corrected chi connectivity index (χ3v) is 2.08. The average Bonchev–Trinajstić information content (AvgIpc) is 2.15. The second kappa shape index (κ2) is 4.80. The molecule has 1 heteroatoms. The monoisotopic (exact) mass is 175 g/mol.